The van der Waals surface area contributed by atoms with Crippen LogP contribution in [0, 0.1) is 5.92 Å². The molecule has 2 saturated heterocycles. The number of aliphatic hydroxyl groups is 9. The van der Waals surface area contributed by atoms with Gasteiger partial charge >= 0.3 is 31.7 Å². The Morgan fingerprint density at radius 1 is 0.344 bits per heavy atom. The fourth-order valence-electron chi connectivity index (χ4n) is 16.7. The van der Waals surface area contributed by atoms with Crippen LogP contribution in [0.2, 0.25) is 0 Å². The summed E-state index contributed by atoms with van der Waals surface area (Å²) in [6.07, 6.45) is 33.1. The zero-order valence-electron chi connectivity index (χ0n) is 77.0. The van der Waals surface area contributed by atoms with Crippen molar-refractivity contribution >= 4 is 31.7 Å². The number of ether oxygens (including phenoxy) is 8. The maximum atomic E-state index is 14.9. The zero-order valence-corrected chi connectivity index (χ0v) is 77.9. The molecule has 3 rings (SSSR count). The lowest BCUT2D eigenvalue weighted by Crippen LogP contribution is -2.70. The standard InChI is InChI=1S/C96H179O25P/c1-6-10-14-18-22-25-28-31-34-37-39-42-45-48-55-61-67-79(98)112-72-76(115-81(100)69-63-57-49-46-43-40-36-33-30-27-24-20-16-12-8-3)73-114-122(110,111)121-94-92(119-95-89(108)85(104)83(102)77(71-97)116-95)88(107)87(106)91(118-82(101)70-64-58-50-47-44-41-38-35-32-29-26-23-19-15-11-7-2)93(94)120-96-90(109)86(105)84(103)78(117-96)74-113-80(99)68-62-56-52-51-54-60-66-75(5)65-59-53-21-17-13-9-4/h27,30,75-78,83-97,102-109H,6-26,28-29,31-74H2,1-5H3,(H,110,111)/b30-27-. The van der Waals surface area contributed by atoms with E-state index >= 15 is 0 Å². The number of carbonyl (C=O) groups excluding carboxylic acids is 4. The van der Waals surface area contributed by atoms with Gasteiger partial charge in [-0.2, -0.15) is 0 Å². The first-order valence-electron chi connectivity index (χ1n) is 49.8. The highest BCUT2D eigenvalue weighted by molar-refractivity contribution is 7.47. The maximum absolute atomic E-state index is 14.9. The molecular formula is C96H179O25P. The summed E-state index contributed by atoms with van der Waals surface area (Å²) in [5.41, 5.74) is 0. The van der Waals surface area contributed by atoms with Crippen molar-refractivity contribution in [2.24, 2.45) is 5.92 Å². The Hall–Kier alpha value is -2.79. The minimum Gasteiger partial charge on any atom is -0.463 e. The molecule has 19 atom stereocenters. The maximum Gasteiger partial charge on any atom is 0.472 e. The van der Waals surface area contributed by atoms with Gasteiger partial charge in [-0.05, 0) is 57.3 Å². The molecule has 2 aliphatic heterocycles. The molecule has 26 heteroatoms. The van der Waals surface area contributed by atoms with E-state index in [0.29, 0.717) is 44.4 Å². The van der Waals surface area contributed by atoms with Gasteiger partial charge in [-0.15, -0.1) is 0 Å². The smallest absolute Gasteiger partial charge is 0.463 e. The molecule has 0 aromatic carbocycles. The van der Waals surface area contributed by atoms with E-state index in [1.807, 2.05) is 0 Å². The van der Waals surface area contributed by atoms with Crippen LogP contribution in [0.15, 0.2) is 12.2 Å². The second-order valence-corrected chi connectivity index (χ2v) is 37.3. The molecule has 0 aromatic heterocycles. The first-order valence-corrected chi connectivity index (χ1v) is 51.3. The minimum absolute atomic E-state index is 0.0162. The number of unbranched alkanes of at least 4 members (excludes halogenated alkanes) is 51. The van der Waals surface area contributed by atoms with E-state index in [0.717, 1.165) is 141 Å². The lowest BCUT2D eigenvalue weighted by Gasteiger charge is -2.50. The predicted octanol–water partition coefficient (Wildman–Crippen LogP) is 19.4. The molecule has 2 heterocycles. The lowest BCUT2D eigenvalue weighted by molar-refractivity contribution is -0.360. The summed E-state index contributed by atoms with van der Waals surface area (Å²) in [7, 11) is -5.81. The van der Waals surface area contributed by atoms with E-state index in [1.165, 1.54) is 199 Å². The Labute approximate surface area is 737 Å². The van der Waals surface area contributed by atoms with Crippen molar-refractivity contribution in [3.05, 3.63) is 12.2 Å². The first-order chi connectivity index (χ1) is 59.1. The summed E-state index contributed by atoms with van der Waals surface area (Å²) in [6, 6.07) is 0. The fraction of sp³-hybridized carbons (Fsp3) is 0.938. The van der Waals surface area contributed by atoms with Crippen molar-refractivity contribution in [2.45, 2.75) is 543 Å². The van der Waals surface area contributed by atoms with Gasteiger partial charge in [0.2, 0.25) is 0 Å². The van der Waals surface area contributed by atoms with Gasteiger partial charge in [0.1, 0.15) is 92.6 Å². The molecule has 0 amide bonds. The van der Waals surface area contributed by atoms with Crippen LogP contribution in [-0.2, 0) is 70.7 Å². The van der Waals surface area contributed by atoms with Crippen molar-refractivity contribution in [3.8, 4) is 0 Å². The molecule has 3 fully saturated rings. The zero-order chi connectivity index (χ0) is 89.1. The van der Waals surface area contributed by atoms with Gasteiger partial charge in [0.15, 0.2) is 24.8 Å². The van der Waals surface area contributed by atoms with Crippen molar-refractivity contribution < 1.29 is 122 Å². The lowest BCUT2D eigenvalue weighted by atomic mass is 9.84. The van der Waals surface area contributed by atoms with Gasteiger partial charge in [-0.25, -0.2) is 4.57 Å². The van der Waals surface area contributed by atoms with E-state index in [-0.39, 0.29) is 25.7 Å². The molecule has 122 heavy (non-hydrogen) atoms. The highest BCUT2D eigenvalue weighted by Crippen LogP contribution is 2.49. The molecule has 1 saturated carbocycles. The van der Waals surface area contributed by atoms with Gasteiger partial charge in [-0.1, -0.05) is 374 Å². The van der Waals surface area contributed by atoms with Crippen molar-refractivity contribution in [2.75, 3.05) is 26.4 Å². The Morgan fingerprint density at radius 2 is 0.664 bits per heavy atom. The van der Waals surface area contributed by atoms with E-state index in [2.05, 4.69) is 46.8 Å². The summed E-state index contributed by atoms with van der Waals surface area (Å²) in [5.74, 6) is -2.27. The SMILES string of the molecule is CCCCCC/C=C\CCCCCCCCCC(=O)OC(COC(=O)CCCCCCCCCCCCCCCCCC)COP(=O)(O)OC1C(OC2OC(CO)C(O)C(O)C2O)C(O)C(O)C(OC(=O)CCCCCCCCCCCCCCCCCC)C1OC1OC(COC(=O)CCCCCCCCC(C)CCCCCCCC)C(O)C(O)C1O. The minimum atomic E-state index is -5.81. The number of esters is 4. The number of hydrogen-bond donors (Lipinski definition) is 10. The number of rotatable bonds is 81. The molecule has 0 radical (unpaired) electrons. The van der Waals surface area contributed by atoms with E-state index in [1.54, 1.807) is 0 Å². The number of phosphoric ester groups is 1. The third kappa shape index (κ3) is 53.4. The molecule has 1 aliphatic carbocycles. The Balaban J connectivity index is 1.90. The predicted molar refractivity (Wildman–Crippen MR) is 476 cm³/mol. The van der Waals surface area contributed by atoms with Crippen LogP contribution >= 0.6 is 7.82 Å². The van der Waals surface area contributed by atoms with Gasteiger partial charge in [0.25, 0.3) is 0 Å². The van der Waals surface area contributed by atoms with Crippen LogP contribution in [0.3, 0.4) is 0 Å². The van der Waals surface area contributed by atoms with Crippen LogP contribution in [0.4, 0.5) is 0 Å². The van der Waals surface area contributed by atoms with Crippen LogP contribution < -0.4 is 0 Å². The molecule has 19 unspecified atom stereocenters. The molecular weight excluding hydrogens is 1580 g/mol. The molecule has 10 N–H and O–H groups in total. The largest absolute Gasteiger partial charge is 0.472 e. The number of carbonyl (C=O) groups is 4. The third-order valence-corrected chi connectivity index (χ3v) is 25.7. The van der Waals surface area contributed by atoms with Crippen LogP contribution in [0.1, 0.15) is 439 Å². The normalized spacial score (nSPS) is 24.8. The van der Waals surface area contributed by atoms with Gasteiger partial charge in [0, 0.05) is 25.7 Å². The summed E-state index contributed by atoms with van der Waals surface area (Å²) in [5, 5.41) is 103. The van der Waals surface area contributed by atoms with Crippen LogP contribution in [0.25, 0.3) is 0 Å². The molecule has 0 bridgehead atoms. The average Bonchev–Trinajstić information content (AvgIpc) is 0.757. The average molecular weight is 1760 g/mol. The Morgan fingerprint density at radius 3 is 1.07 bits per heavy atom. The van der Waals surface area contributed by atoms with Gasteiger partial charge in [-0.3, -0.25) is 28.2 Å². The summed E-state index contributed by atoms with van der Waals surface area (Å²) >= 11 is 0. The Kier molecular flexibility index (Phi) is 68.7. The quantitative estimate of drug-likeness (QED) is 0.00889. The first kappa shape index (κ1) is 113. The Bertz CT molecular complexity index is 2590. The third-order valence-electron chi connectivity index (χ3n) is 24.7. The molecule has 25 nitrogen and oxygen atoms in total. The number of hydrogen-bond acceptors (Lipinski definition) is 24. The number of phosphoric acid groups is 1. The fourth-order valence-corrected chi connectivity index (χ4v) is 17.6. The number of aliphatic hydroxyl groups excluding tert-OH is 9. The second-order valence-electron chi connectivity index (χ2n) is 35.9. The van der Waals surface area contributed by atoms with E-state index in [9.17, 15) is 74.6 Å². The van der Waals surface area contributed by atoms with Gasteiger partial charge < -0.3 is 88.7 Å². The van der Waals surface area contributed by atoms with Crippen LogP contribution in [-0.4, -0.2) is 205 Å². The highest BCUT2D eigenvalue weighted by Gasteiger charge is 2.60. The van der Waals surface area contributed by atoms with Crippen LogP contribution in [0.5, 0.6) is 0 Å². The van der Waals surface area contributed by atoms with Gasteiger partial charge in [0.05, 0.1) is 13.2 Å². The number of allylic oxidation sites excluding steroid dienone is 2. The van der Waals surface area contributed by atoms with Crippen molar-refractivity contribution in [1.82, 2.24) is 0 Å². The summed E-state index contributed by atoms with van der Waals surface area (Å²) < 4.78 is 73.7. The second kappa shape index (κ2) is 73.9. The van der Waals surface area contributed by atoms with E-state index < -0.39 is 162 Å². The van der Waals surface area contributed by atoms with Crippen molar-refractivity contribution in [3.63, 3.8) is 0 Å². The molecule has 0 aromatic rings. The van der Waals surface area contributed by atoms with E-state index in [4.69, 9.17) is 46.9 Å². The topological polar surface area (TPSA) is 380 Å². The summed E-state index contributed by atoms with van der Waals surface area (Å²) in [6.45, 7) is 7.97. The molecule has 718 valence electrons. The molecule has 3 aliphatic rings. The molecule has 0 spiro atoms. The summed E-state index contributed by atoms with van der Waals surface area (Å²) in [4.78, 5) is 66.7. The monoisotopic (exact) mass is 1760 g/mol. The van der Waals surface area contributed by atoms with Crippen molar-refractivity contribution in [1.29, 1.82) is 0 Å². The highest BCUT2D eigenvalue weighted by atomic mass is 31.2.